The van der Waals surface area contributed by atoms with Gasteiger partial charge in [-0.2, -0.15) is 0 Å². The number of hydrogen-bond acceptors (Lipinski definition) is 14. The third-order valence-electron chi connectivity index (χ3n) is 5.85. The number of nitrogens with zero attached hydrogens (tertiary/aromatic N) is 1. The molecule has 0 aromatic heterocycles. The molecule has 0 radical (unpaired) electrons. The highest BCUT2D eigenvalue weighted by Gasteiger charge is 2.40. The van der Waals surface area contributed by atoms with Gasteiger partial charge in [-0.05, 0) is 19.6 Å². The maximum atomic E-state index is 11.6. The van der Waals surface area contributed by atoms with E-state index in [9.17, 15) is 14.7 Å². The van der Waals surface area contributed by atoms with Crippen molar-refractivity contribution in [3.05, 3.63) is 24.3 Å². The average molecular weight is 586 g/mol. The van der Waals surface area contributed by atoms with E-state index in [0.717, 1.165) is 14.2 Å². The lowest BCUT2D eigenvalue weighted by Crippen LogP contribution is -2.49. The summed E-state index contributed by atoms with van der Waals surface area (Å²) in [6.07, 6.45) is -4.07. The standard InChI is InChI=1S/C11H18O7.C8H14O5.C6H15N.CH4O/c1-6-9(7(3-12)4-13)17-11(18-10(6)15)8(5-14)16-2;1-5(8(12)13-2)7(11)6(3-9)4-10;1-4-7(5-2)6-3;1-2/h7-9,11-14H,1,3-5H2,2H3;6-7,9-11H,1,3-4H2,2H3;4-6H2,1-3H3;2H,1H3/t8?,9-,11+;7-;;/m00../s1. The van der Waals surface area contributed by atoms with Gasteiger partial charge in [-0.1, -0.05) is 33.9 Å². The molecule has 14 nitrogen and oxygen atoms in total. The Balaban J connectivity index is -0.000000544. The van der Waals surface area contributed by atoms with E-state index in [1.165, 1.54) is 26.7 Å². The second kappa shape index (κ2) is 26.0. The molecule has 7 N–H and O–H groups in total. The zero-order chi connectivity index (χ0) is 31.8. The van der Waals surface area contributed by atoms with Gasteiger partial charge in [0.15, 0.2) is 0 Å². The van der Waals surface area contributed by atoms with E-state index >= 15 is 0 Å². The zero-order valence-electron chi connectivity index (χ0n) is 24.6. The molecular weight excluding hydrogens is 534 g/mol. The predicted octanol–water partition coefficient (Wildman–Crippen LogP) is -1.95. The summed E-state index contributed by atoms with van der Waals surface area (Å²) in [5.74, 6) is -2.92. The molecule has 40 heavy (non-hydrogen) atoms. The lowest BCUT2D eigenvalue weighted by atomic mass is 9.97. The lowest BCUT2D eigenvalue weighted by Gasteiger charge is -2.36. The number of hydrogen-bond donors (Lipinski definition) is 7. The number of carbonyl (C=O) groups is 2. The second-order valence-corrected chi connectivity index (χ2v) is 8.14. The van der Waals surface area contributed by atoms with Crippen LogP contribution in [-0.2, 0) is 28.5 Å². The van der Waals surface area contributed by atoms with Crippen LogP contribution in [0.4, 0.5) is 0 Å². The Morgan fingerprint density at radius 1 is 0.950 bits per heavy atom. The maximum Gasteiger partial charge on any atom is 0.338 e. The van der Waals surface area contributed by atoms with Gasteiger partial charge in [0.1, 0.15) is 12.2 Å². The Hall–Kier alpha value is -1.98. The monoisotopic (exact) mass is 585 g/mol. The number of aliphatic hydroxyl groups is 7. The molecule has 4 atom stereocenters. The van der Waals surface area contributed by atoms with E-state index in [1.54, 1.807) is 0 Å². The SMILES string of the molecule is C=C(C(=O)OC)[C@H](O)C(CO)CO.C=C1C(=O)O[C@H](C(CO)OC)O[C@@H]1C(CO)CO.CCN(CC)CC.CO. The van der Waals surface area contributed by atoms with Gasteiger partial charge in [0.05, 0.1) is 57.4 Å². The van der Waals surface area contributed by atoms with Gasteiger partial charge in [0.25, 0.3) is 0 Å². The van der Waals surface area contributed by atoms with Crippen LogP contribution in [0.3, 0.4) is 0 Å². The average Bonchev–Trinajstić information content (AvgIpc) is 2.99. The Kier molecular flexibility index (Phi) is 27.6. The van der Waals surface area contributed by atoms with Crippen molar-refractivity contribution in [2.45, 2.75) is 45.4 Å². The molecule has 0 spiro atoms. The Bertz CT molecular complexity index is 670. The Morgan fingerprint density at radius 2 is 1.43 bits per heavy atom. The van der Waals surface area contributed by atoms with E-state index < -0.39 is 68.2 Å². The molecule has 0 saturated carbocycles. The molecule has 238 valence electrons. The normalized spacial score (nSPS) is 17.9. The van der Waals surface area contributed by atoms with Crippen LogP contribution in [0, 0.1) is 11.8 Å². The van der Waals surface area contributed by atoms with Crippen molar-refractivity contribution >= 4 is 11.9 Å². The van der Waals surface area contributed by atoms with Crippen LogP contribution in [0.2, 0.25) is 0 Å². The van der Waals surface area contributed by atoms with Gasteiger partial charge in [0.2, 0.25) is 6.29 Å². The van der Waals surface area contributed by atoms with Crippen molar-refractivity contribution < 1.29 is 64.3 Å². The van der Waals surface area contributed by atoms with Crippen LogP contribution in [0.1, 0.15) is 20.8 Å². The molecule has 1 aliphatic heterocycles. The van der Waals surface area contributed by atoms with Crippen molar-refractivity contribution in [1.29, 1.82) is 0 Å². The van der Waals surface area contributed by atoms with Crippen LogP contribution in [0.5, 0.6) is 0 Å². The van der Waals surface area contributed by atoms with Crippen LogP contribution in [0.25, 0.3) is 0 Å². The fourth-order valence-electron chi connectivity index (χ4n) is 3.10. The number of esters is 2. The second-order valence-electron chi connectivity index (χ2n) is 8.14. The first-order valence-corrected chi connectivity index (χ1v) is 12.8. The molecule has 1 fully saturated rings. The minimum atomic E-state index is -1.28. The summed E-state index contributed by atoms with van der Waals surface area (Å²) in [6.45, 7) is 15.0. The first-order valence-electron chi connectivity index (χ1n) is 12.8. The maximum absolute atomic E-state index is 11.6. The third-order valence-corrected chi connectivity index (χ3v) is 5.85. The van der Waals surface area contributed by atoms with E-state index in [1.807, 2.05) is 0 Å². The third kappa shape index (κ3) is 15.1. The summed E-state index contributed by atoms with van der Waals surface area (Å²) in [7, 11) is 3.50. The van der Waals surface area contributed by atoms with E-state index in [0.29, 0.717) is 0 Å². The van der Waals surface area contributed by atoms with Gasteiger partial charge in [-0.3, -0.25) is 0 Å². The molecule has 1 aliphatic rings. The first-order chi connectivity index (χ1) is 19.0. The highest BCUT2D eigenvalue weighted by Crippen LogP contribution is 2.26. The number of aliphatic hydroxyl groups excluding tert-OH is 7. The minimum Gasteiger partial charge on any atom is -0.466 e. The molecule has 1 saturated heterocycles. The van der Waals surface area contributed by atoms with E-state index in [4.69, 9.17) is 44.8 Å². The summed E-state index contributed by atoms with van der Waals surface area (Å²) in [6, 6.07) is 0. The number of rotatable bonds is 14. The summed E-state index contributed by atoms with van der Waals surface area (Å²) in [5.41, 5.74) is -0.150. The highest BCUT2D eigenvalue weighted by molar-refractivity contribution is 5.89. The molecule has 1 heterocycles. The quantitative estimate of drug-likeness (QED) is 0.0872. The molecule has 14 heteroatoms. The predicted molar refractivity (Wildman–Crippen MR) is 146 cm³/mol. The van der Waals surface area contributed by atoms with Crippen molar-refractivity contribution in [2.75, 3.05) is 74.0 Å². The van der Waals surface area contributed by atoms with Crippen molar-refractivity contribution in [3.63, 3.8) is 0 Å². The largest absolute Gasteiger partial charge is 0.466 e. The molecule has 1 rings (SSSR count). The van der Waals surface area contributed by atoms with Gasteiger partial charge in [-0.15, -0.1) is 0 Å². The van der Waals surface area contributed by atoms with Crippen LogP contribution in [0.15, 0.2) is 24.3 Å². The summed E-state index contributed by atoms with van der Waals surface area (Å²) in [5, 5.41) is 61.0. The van der Waals surface area contributed by atoms with Gasteiger partial charge >= 0.3 is 11.9 Å². The minimum absolute atomic E-state index is 0.0205. The Labute approximate surface area is 237 Å². The van der Waals surface area contributed by atoms with Crippen molar-refractivity contribution in [3.8, 4) is 0 Å². The summed E-state index contributed by atoms with van der Waals surface area (Å²) in [4.78, 5) is 24.8. The lowest BCUT2D eigenvalue weighted by molar-refractivity contribution is -0.243. The van der Waals surface area contributed by atoms with E-state index in [2.05, 4.69) is 43.6 Å². The van der Waals surface area contributed by atoms with Crippen LogP contribution >= 0.6 is 0 Å². The Morgan fingerprint density at radius 3 is 1.73 bits per heavy atom. The molecule has 0 amide bonds. The summed E-state index contributed by atoms with van der Waals surface area (Å²) >= 11 is 0. The molecule has 1 unspecified atom stereocenters. The number of ether oxygens (including phenoxy) is 4. The van der Waals surface area contributed by atoms with Crippen LogP contribution < -0.4 is 0 Å². The fraction of sp³-hybridized carbons (Fsp3) is 0.769. The zero-order valence-corrected chi connectivity index (χ0v) is 24.6. The summed E-state index contributed by atoms with van der Waals surface area (Å²) < 4.78 is 19.5. The smallest absolute Gasteiger partial charge is 0.338 e. The molecular formula is C26H51NO13. The van der Waals surface area contributed by atoms with E-state index in [-0.39, 0.29) is 24.4 Å². The molecule has 0 bridgehead atoms. The highest BCUT2D eigenvalue weighted by atomic mass is 16.7. The molecule has 0 aromatic rings. The van der Waals surface area contributed by atoms with Crippen LogP contribution in [-0.4, -0.2) is 151 Å². The van der Waals surface area contributed by atoms with Crippen molar-refractivity contribution in [1.82, 2.24) is 4.90 Å². The van der Waals surface area contributed by atoms with Gasteiger partial charge in [0, 0.05) is 26.1 Å². The fourth-order valence-corrected chi connectivity index (χ4v) is 3.10. The topological polar surface area (TPSA) is 216 Å². The van der Waals surface area contributed by atoms with Gasteiger partial charge in [-0.25, -0.2) is 9.59 Å². The first kappa shape index (κ1) is 42.5. The molecule has 0 aromatic carbocycles. The molecule has 0 aliphatic carbocycles. The van der Waals surface area contributed by atoms with Gasteiger partial charge < -0.3 is 59.6 Å². The number of methoxy groups -OCH3 is 2. The number of carbonyl (C=O) groups excluding carboxylic acids is 2. The number of cyclic esters (lactones) is 1. The van der Waals surface area contributed by atoms with Crippen molar-refractivity contribution in [2.24, 2.45) is 11.8 Å².